The fraction of sp³-hybridized carbons (Fsp3) is 0.455. The van der Waals surface area contributed by atoms with E-state index in [-0.39, 0.29) is 0 Å². The van der Waals surface area contributed by atoms with Gasteiger partial charge in [0.1, 0.15) is 12.4 Å². The molecule has 0 aliphatic carbocycles. The summed E-state index contributed by atoms with van der Waals surface area (Å²) in [6.45, 7) is -0.564. The van der Waals surface area contributed by atoms with E-state index in [2.05, 4.69) is 0 Å². The molecule has 0 aromatic heterocycles. The van der Waals surface area contributed by atoms with E-state index in [4.69, 9.17) is 4.52 Å². The van der Waals surface area contributed by atoms with Crippen LogP contribution in [0.5, 0.6) is 5.75 Å². The Bertz CT molecular complexity index is 412. The first-order valence-corrected chi connectivity index (χ1v) is 6.73. The molecule has 0 atom stereocenters. The van der Waals surface area contributed by atoms with Crippen molar-refractivity contribution in [2.75, 3.05) is 28.2 Å². The highest BCUT2D eigenvalue weighted by Crippen LogP contribution is 2.50. The average Bonchev–Trinajstić information content (AvgIpc) is 2.28. The van der Waals surface area contributed by atoms with Gasteiger partial charge in [-0.2, -0.15) is 0 Å². The van der Waals surface area contributed by atoms with Crippen LogP contribution in [0.2, 0.25) is 0 Å². The van der Waals surface area contributed by atoms with Gasteiger partial charge in [0.25, 0.3) is 0 Å². The number of alkyl halides is 1. The zero-order valence-corrected chi connectivity index (χ0v) is 11.4. The van der Waals surface area contributed by atoms with Crippen LogP contribution < -0.4 is 4.52 Å². The van der Waals surface area contributed by atoms with Crippen LogP contribution in [-0.2, 0) is 11.2 Å². The molecule has 17 heavy (non-hydrogen) atoms. The molecule has 0 saturated heterocycles. The predicted molar refractivity (Wildman–Crippen MR) is 66.9 cm³/mol. The Balaban J connectivity index is 2.98. The Morgan fingerprint density at radius 1 is 1.24 bits per heavy atom. The second-order valence-electron chi connectivity index (χ2n) is 4.06. The van der Waals surface area contributed by atoms with Crippen molar-refractivity contribution < 1.29 is 13.5 Å². The van der Waals surface area contributed by atoms with Crippen LogP contribution >= 0.6 is 7.67 Å². The monoisotopic (exact) mass is 260 g/mol. The molecule has 96 valence electrons. The Hall–Kier alpha value is -0.900. The van der Waals surface area contributed by atoms with E-state index in [1.807, 2.05) is 0 Å². The quantitative estimate of drug-likeness (QED) is 0.762. The van der Waals surface area contributed by atoms with Crippen LogP contribution in [-0.4, -0.2) is 37.5 Å². The Kier molecular flexibility index (Phi) is 4.69. The summed E-state index contributed by atoms with van der Waals surface area (Å²) < 4.78 is 33.6. The van der Waals surface area contributed by atoms with Gasteiger partial charge in [-0.3, -0.25) is 0 Å². The fourth-order valence-corrected chi connectivity index (χ4v) is 2.77. The first-order valence-electron chi connectivity index (χ1n) is 5.20. The van der Waals surface area contributed by atoms with E-state index in [9.17, 15) is 8.96 Å². The van der Waals surface area contributed by atoms with E-state index in [1.165, 1.54) is 9.34 Å². The molecule has 1 aromatic rings. The number of halogens is 1. The molecule has 1 aromatic carbocycles. The van der Waals surface area contributed by atoms with Gasteiger partial charge in [0, 0.05) is 0 Å². The third-order valence-electron chi connectivity index (χ3n) is 2.29. The minimum absolute atomic E-state index is 0.408. The number of hydrogen-bond acceptors (Lipinski definition) is 2. The van der Waals surface area contributed by atoms with Crippen LogP contribution in [0.3, 0.4) is 0 Å². The van der Waals surface area contributed by atoms with Crippen LogP contribution in [0.1, 0.15) is 5.56 Å². The van der Waals surface area contributed by atoms with Gasteiger partial charge in [-0.25, -0.2) is 18.3 Å². The Morgan fingerprint density at radius 3 is 2.29 bits per heavy atom. The van der Waals surface area contributed by atoms with Gasteiger partial charge in [-0.1, -0.05) is 12.1 Å². The van der Waals surface area contributed by atoms with Gasteiger partial charge < -0.3 is 4.52 Å². The minimum atomic E-state index is -3.07. The second-order valence-corrected chi connectivity index (χ2v) is 6.82. The number of nitrogens with zero attached hydrogens (tertiary/aromatic N) is 2. The molecule has 0 unspecified atom stereocenters. The standard InChI is InChI=1S/C11H18FN2O2P/c1-13(2)17(15,14(3)4)16-11-7-5-6-10(8-11)9-12/h5-8H,9H2,1-4H3. The summed E-state index contributed by atoms with van der Waals surface area (Å²) in [5.74, 6) is 0.408. The highest BCUT2D eigenvalue weighted by Gasteiger charge is 2.31. The smallest absolute Gasteiger partial charge is 0.394 e. The molecule has 0 amide bonds. The SMILES string of the molecule is CN(C)P(=O)(Oc1cccc(CF)c1)N(C)C. The van der Waals surface area contributed by atoms with Crippen LogP contribution in [0.4, 0.5) is 4.39 Å². The third-order valence-corrected chi connectivity index (χ3v) is 4.76. The summed E-state index contributed by atoms with van der Waals surface area (Å²) in [4.78, 5) is 0. The summed E-state index contributed by atoms with van der Waals surface area (Å²) in [7, 11) is 3.65. The van der Waals surface area contributed by atoms with Gasteiger partial charge in [0.15, 0.2) is 0 Å². The van der Waals surface area contributed by atoms with E-state index in [0.717, 1.165) is 0 Å². The van der Waals surface area contributed by atoms with Crippen molar-refractivity contribution in [2.24, 2.45) is 0 Å². The maximum atomic E-state index is 12.5. The minimum Gasteiger partial charge on any atom is -0.422 e. The van der Waals surface area contributed by atoms with Gasteiger partial charge >= 0.3 is 7.67 Å². The van der Waals surface area contributed by atoms with Crippen LogP contribution in [0, 0.1) is 0 Å². The molecule has 0 heterocycles. The van der Waals surface area contributed by atoms with Crippen molar-refractivity contribution in [3.63, 3.8) is 0 Å². The summed E-state index contributed by atoms with van der Waals surface area (Å²) in [6, 6.07) is 6.56. The van der Waals surface area contributed by atoms with Crippen LogP contribution in [0.25, 0.3) is 0 Å². The van der Waals surface area contributed by atoms with E-state index in [0.29, 0.717) is 11.3 Å². The lowest BCUT2D eigenvalue weighted by Gasteiger charge is -2.29. The van der Waals surface area contributed by atoms with Gasteiger partial charge in [-0.15, -0.1) is 0 Å². The van der Waals surface area contributed by atoms with Crippen LogP contribution in [0.15, 0.2) is 24.3 Å². The summed E-state index contributed by atoms with van der Waals surface area (Å²) in [6.07, 6.45) is 0. The lowest BCUT2D eigenvalue weighted by Crippen LogP contribution is -2.24. The Morgan fingerprint density at radius 2 is 1.82 bits per heavy atom. The summed E-state index contributed by atoms with van der Waals surface area (Å²) in [5.41, 5.74) is 0.506. The molecule has 1 rings (SSSR count). The highest BCUT2D eigenvalue weighted by molar-refractivity contribution is 7.54. The molecule has 4 nitrogen and oxygen atoms in total. The molecule has 0 N–H and O–H groups in total. The zero-order valence-electron chi connectivity index (χ0n) is 10.6. The lowest BCUT2D eigenvalue weighted by atomic mass is 10.2. The van der Waals surface area contributed by atoms with Crippen molar-refractivity contribution in [2.45, 2.75) is 6.67 Å². The average molecular weight is 260 g/mol. The van der Waals surface area contributed by atoms with E-state index in [1.54, 1.807) is 52.5 Å². The lowest BCUT2D eigenvalue weighted by molar-refractivity contribution is 0.353. The van der Waals surface area contributed by atoms with Gasteiger partial charge in [0.2, 0.25) is 0 Å². The highest BCUT2D eigenvalue weighted by atomic mass is 31.2. The molecule has 0 spiro atoms. The topological polar surface area (TPSA) is 32.8 Å². The molecular weight excluding hydrogens is 242 g/mol. The summed E-state index contributed by atoms with van der Waals surface area (Å²) in [5, 5.41) is 0. The third kappa shape index (κ3) is 3.28. The maximum Gasteiger partial charge on any atom is 0.394 e. The number of hydrogen-bond donors (Lipinski definition) is 0. The first kappa shape index (κ1) is 14.2. The molecule has 0 aliphatic heterocycles. The second kappa shape index (κ2) is 5.63. The molecule has 0 radical (unpaired) electrons. The molecule has 0 saturated carbocycles. The molecular formula is C11H18FN2O2P. The Labute approximate surface area is 102 Å². The van der Waals surface area contributed by atoms with Crippen molar-refractivity contribution in [3.8, 4) is 5.75 Å². The molecule has 6 heteroatoms. The fourth-order valence-electron chi connectivity index (χ4n) is 1.34. The van der Waals surface area contributed by atoms with Crippen molar-refractivity contribution in [3.05, 3.63) is 29.8 Å². The zero-order chi connectivity index (χ0) is 13.1. The van der Waals surface area contributed by atoms with Gasteiger partial charge in [0.05, 0.1) is 0 Å². The summed E-state index contributed by atoms with van der Waals surface area (Å²) >= 11 is 0. The maximum absolute atomic E-state index is 12.5. The molecule has 0 aliphatic rings. The van der Waals surface area contributed by atoms with E-state index < -0.39 is 14.3 Å². The van der Waals surface area contributed by atoms with E-state index >= 15 is 0 Å². The van der Waals surface area contributed by atoms with Crippen molar-refractivity contribution in [1.29, 1.82) is 0 Å². The molecule has 0 bridgehead atoms. The van der Waals surface area contributed by atoms with Crippen molar-refractivity contribution in [1.82, 2.24) is 9.34 Å². The number of rotatable bonds is 5. The first-order chi connectivity index (χ1) is 7.90. The largest absolute Gasteiger partial charge is 0.422 e. The van der Waals surface area contributed by atoms with Gasteiger partial charge in [-0.05, 0) is 45.9 Å². The number of benzene rings is 1. The van der Waals surface area contributed by atoms with Crippen molar-refractivity contribution >= 4 is 7.67 Å². The predicted octanol–water partition coefficient (Wildman–Crippen LogP) is 2.77. The normalized spacial score (nSPS) is 12.2. The molecule has 0 fully saturated rings.